The fourth-order valence-electron chi connectivity index (χ4n) is 2.36. The minimum absolute atomic E-state index is 0.129. The summed E-state index contributed by atoms with van der Waals surface area (Å²) in [4.78, 5) is 31.9. The van der Waals surface area contributed by atoms with E-state index in [1.165, 1.54) is 19.2 Å². The maximum absolute atomic E-state index is 13.7. The quantitative estimate of drug-likeness (QED) is 0.654. The average Bonchev–Trinajstić information content (AvgIpc) is 2.71. The molecule has 2 aromatic carbocycles. The number of hydrogen-bond acceptors (Lipinski definition) is 6. The van der Waals surface area contributed by atoms with Gasteiger partial charge < -0.3 is 15.4 Å². The number of ether oxygens (including phenoxy) is 1. The van der Waals surface area contributed by atoms with Crippen LogP contribution in [0.1, 0.15) is 20.8 Å². The number of benzene rings is 2. The number of carbonyl (C=O) groups is 2. The predicted octanol–water partition coefficient (Wildman–Crippen LogP) is 3.54. The third kappa shape index (κ3) is 4.09. The number of amides is 1. The Balaban J connectivity index is 1.83. The summed E-state index contributed by atoms with van der Waals surface area (Å²) in [5.74, 6) is -2.99. The minimum Gasteiger partial charge on any atom is -0.465 e. The van der Waals surface area contributed by atoms with Gasteiger partial charge in [-0.25, -0.2) is 23.5 Å². The predicted molar refractivity (Wildman–Crippen MR) is 97.4 cm³/mol. The fraction of sp³-hybridized carbons (Fsp3) is 0.0526. The standard InChI is InChI=1S/C19H14F2N4O3/c1-28-19(27)11-5-2-3-8-14(11)24-16-9-15(22-10-23-16)18(26)25-17-12(20)6-4-7-13(17)21/h2-10H,1H3,(H,25,26)(H,22,23,24). The molecule has 0 aliphatic carbocycles. The highest BCUT2D eigenvalue weighted by Gasteiger charge is 2.16. The monoisotopic (exact) mass is 384 g/mol. The van der Waals surface area contributed by atoms with Crippen molar-refractivity contribution in [3.63, 3.8) is 0 Å². The molecule has 0 aliphatic heterocycles. The van der Waals surface area contributed by atoms with Gasteiger partial charge in [0.2, 0.25) is 0 Å². The van der Waals surface area contributed by atoms with E-state index in [1.807, 2.05) is 0 Å². The molecule has 0 unspecified atom stereocenters. The van der Waals surface area contributed by atoms with Gasteiger partial charge in [0.15, 0.2) is 0 Å². The smallest absolute Gasteiger partial charge is 0.339 e. The van der Waals surface area contributed by atoms with E-state index in [0.29, 0.717) is 5.69 Å². The summed E-state index contributed by atoms with van der Waals surface area (Å²) in [7, 11) is 1.26. The van der Waals surface area contributed by atoms with Crippen molar-refractivity contribution in [3.8, 4) is 0 Å². The van der Waals surface area contributed by atoms with Gasteiger partial charge in [-0.1, -0.05) is 18.2 Å². The summed E-state index contributed by atoms with van der Waals surface area (Å²) < 4.78 is 32.1. The third-order valence-electron chi connectivity index (χ3n) is 3.70. The van der Waals surface area contributed by atoms with Gasteiger partial charge in [0.05, 0.1) is 18.4 Å². The number of aromatic nitrogens is 2. The van der Waals surface area contributed by atoms with Gasteiger partial charge in [-0.15, -0.1) is 0 Å². The van der Waals surface area contributed by atoms with Crippen molar-refractivity contribution in [3.05, 3.63) is 77.8 Å². The lowest BCUT2D eigenvalue weighted by Gasteiger charge is -2.11. The largest absolute Gasteiger partial charge is 0.465 e. The van der Waals surface area contributed by atoms with Crippen molar-refractivity contribution >= 4 is 29.1 Å². The van der Waals surface area contributed by atoms with Crippen LogP contribution in [0.4, 0.5) is 26.0 Å². The van der Waals surface area contributed by atoms with Crippen molar-refractivity contribution in [1.29, 1.82) is 0 Å². The Hall–Kier alpha value is -3.88. The Kier molecular flexibility index (Phi) is 5.54. The summed E-state index contributed by atoms with van der Waals surface area (Å²) in [6.45, 7) is 0. The second-order valence-electron chi connectivity index (χ2n) is 5.50. The molecule has 0 fully saturated rings. The first-order chi connectivity index (χ1) is 13.5. The molecule has 0 radical (unpaired) electrons. The molecule has 1 amide bonds. The molecule has 7 nitrogen and oxygen atoms in total. The van der Waals surface area contributed by atoms with Crippen molar-refractivity contribution < 1.29 is 23.1 Å². The van der Waals surface area contributed by atoms with Crippen molar-refractivity contribution in [2.24, 2.45) is 0 Å². The summed E-state index contributed by atoms with van der Waals surface area (Å²) in [5.41, 5.74) is -0.0324. The molecule has 0 saturated heterocycles. The molecule has 1 heterocycles. The maximum atomic E-state index is 13.7. The second-order valence-corrected chi connectivity index (χ2v) is 5.50. The molecule has 3 rings (SSSR count). The Bertz CT molecular complexity index is 1020. The van der Waals surface area contributed by atoms with Crippen LogP contribution >= 0.6 is 0 Å². The number of hydrogen-bond donors (Lipinski definition) is 2. The number of para-hydroxylation sites is 2. The Morgan fingerprint density at radius 2 is 1.71 bits per heavy atom. The number of rotatable bonds is 5. The average molecular weight is 384 g/mol. The fourth-order valence-corrected chi connectivity index (χ4v) is 2.36. The van der Waals surface area contributed by atoms with Crippen molar-refractivity contribution in [2.75, 3.05) is 17.7 Å². The lowest BCUT2D eigenvalue weighted by Crippen LogP contribution is -2.16. The molecule has 2 N–H and O–H groups in total. The Morgan fingerprint density at radius 1 is 1.00 bits per heavy atom. The number of anilines is 3. The van der Waals surface area contributed by atoms with Crippen LogP contribution in [0.2, 0.25) is 0 Å². The van der Waals surface area contributed by atoms with Gasteiger partial charge in [-0.2, -0.15) is 0 Å². The van der Waals surface area contributed by atoms with E-state index in [-0.39, 0.29) is 17.1 Å². The zero-order valence-electron chi connectivity index (χ0n) is 14.6. The molecular formula is C19H14F2N4O3. The van der Waals surface area contributed by atoms with Crippen LogP contribution in [0, 0.1) is 11.6 Å². The van der Waals surface area contributed by atoms with Crippen LogP contribution in [-0.4, -0.2) is 29.0 Å². The molecule has 1 aromatic heterocycles. The SMILES string of the molecule is COC(=O)c1ccccc1Nc1cc(C(=O)Nc2c(F)cccc2F)ncn1. The lowest BCUT2D eigenvalue weighted by atomic mass is 10.2. The second kappa shape index (κ2) is 8.21. The zero-order valence-corrected chi connectivity index (χ0v) is 14.6. The van der Waals surface area contributed by atoms with Gasteiger partial charge in [0.25, 0.3) is 5.91 Å². The summed E-state index contributed by atoms with van der Waals surface area (Å²) in [5, 5.41) is 5.03. The Morgan fingerprint density at radius 3 is 2.43 bits per heavy atom. The van der Waals surface area contributed by atoms with Crippen LogP contribution in [0.15, 0.2) is 54.9 Å². The highest BCUT2D eigenvalue weighted by Crippen LogP contribution is 2.22. The molecule has 0 aliphatic rings. The molecule has 9 heteroatoms. The molecule has 28 heavy (non-hydrogen) atoms. The first-order valence-corrected chi connectivity index (χ1v) is 8.01. The summed E-state index contributed by atoms with van der Waals surface area (Å²) >= 11 is 0. The molecular weight excluding hydrogens is 370 g/mol. The maximum Gasteiger partial charge on any atom is 0.339 e. The van der Waals surface area contributed by atoms with Crippen LogP contribution in [0.25, 0.3) is 0 Å². The first-order valence-electron chi connectivity index (χ1n) is 8.01. The van der Waals surface area contributed by atoms with Gasteiger partial charge in [0, 0.05) is 6.07 Å². The highest BCUT2D eigenvalue weighted by atomic mass is 19.1. The Labute approximate surface area is 158 Å². The van der Waals surface area contributed by atoms with E-state index >= 15 is 0 Å². The van der Waals surface area contributed by atoms with Gasteiger partial charge in [-0.3, -0.25) is 4.79 Å². The molecule has 142 valence electrons. The topological polar surface area (TPSA) is 93.2 Å². The summed E-state index contributed by atoms with van der Waals surface area (Å²) in [6.07, 6.45) is 1.11. The number of esters is 1. The zero-order chi connectivity index (χ0) is 20.1. The molecule has 3 aromatic rings. The number of nitrogens with one attached hydrogen (secondary N) is 2. The van der Waals surface area contributed by atoms with E-state index < -0.39 is 29.2 Å². The van der Waals surface area contributed by atoms with Gasteiger partial charge in [-0.05, 0) is 24.3 Å². The number of nitrogens with zero attached hydrogens (tertiary/aromatic N) is 2. The van der Waals surface area contributed by atoms with E-state index in [4.69, 9.17) is 4.74 Å². The van der Waals surface area contributed by atoms with Crippen molar-refractivity contribution in [1.82, 2.24) is 9.97 Å². The lowest BCUT2D eigenvalue weighted by molar-refractivity contribution is 0.0601. The van der Waals surface area contributed by atoms with E-state index in [9.17, 15) is 18.4 Å². The first kappa shape index (κ1) is 18.9. The third-order valence-corrected chi connectivity index (χ3v) is 3.70. The molecule has 0 spiro atoms. The highest BCUT2D eigenvalue weighted by molar-refractivity contribution is 6.03. The number of methoxy groups -OCH3 is 1. The van der Waals surface area contributed by atoms with E-state index in [2.05, 4.69) is 20.6 Å². The van der Waals surface area contributed by atoms with Crippen LogP contribution in [0.3, 0.4) is 0 Å². The molecule has 0 bridgehead atoms. The normalized spacial score (nSPS) is 10.2. The van der Waals surface area contributed by atoms with E-state index in [0.717, 1.165) is 18.5 Å². The summed E-state index contributed by atoms with van der Waals surface area (Å²) in [6, 6.07) is 11.1. The molecule has 0 atom stereocenters. The van der Waals surface area contributed by atoms with Gasteiger partial charge in [0.1, 0.15) is 35.2 Å². The van der Waals surface area contributed by atoms with Gasteiger partial charge >= 0.3 is 5.97 Å². The number of carbonyl (C=O) groups excluding carboxylic acids is 2. The number of halogens is 2. The van der Waals surface area contributed by atoms with E-state index in [1.54, 1.807) is 24.3 Å². The van der Waals surface area contributed by atoms with Crippen LogP contribution in [0.5, 0.6) is 0 Å². The molecule has 0 saturated carbocycles. The van der Waals surface area contributed by atoms with Crippen molar-refractivity contribution in [2.45, 2.75) is 0 Å². The minimum atomic E-state index is -0.909. The van der Waals surface area contributed by atoms with Crippen LogP contribution in [-0.2, 0) is 4.74 Å². The van der Waals surface area contributed by atoms with Crippen LogP contribution < -0.4 is 10.6 Å².